The van der Waals surface area contributed by atoms with Crippen LogP contribution >= 0.6 is 0 Å². The van der Waals surface area contributed by atoms with Gasteiger partial charge in [-0.25, -0.2) is 4.79 Å². The molecule has 34 heavy (non-hydrogen) atoms. The van der Waals surface area contributed by atoms with Crippen molar-refractivity contribution in [3.8, 4) is 5.75 Å². The van der Waals surface area contributed by atoms with Gasteiger partial charge in [-0.15, -0.1) is 0 Å². The molecule has 2 aliphatic rings. The third-order valence-electron chi connectivity index (χ3n) is 6.44. The summed E-state index contributed by atoms with van der Waals surface area (Å²) in [6.45, 7) is 4.50. The highest BCUT2D eigenvalue weighted by Crippen LogP contribution is 2.21. The number of carboxylic acid groups (broad SMARTS) is 1. The molecule has 2 fully saturated rings. The molecule has 4 atom stereocenters. The van der Waals surface area contributed by atoms with E-state index in [0.29, 0.717) is 25.8 Å². The van der Waals surface area contributed by atoms with Crippen LogP contribution in [0.5, 0.6) is 5.75 Å². The lowest BCUT2D eigenvalue weighted by Crippen LogP contribution is -2.57. The second-order valence-electron chi connectivity index (χ2n) is 9.34. The molecule has 186 valence electrons. The minimum Gasteiger partial charge on any atom is -0.508 e. The first-order valence-corrected chi connectivity index (χ1v) is 11.8. The molecule has 4 unspecified atom stereocenters. The maximum atomic E-state index is 13.6. The number of aromatic hydroxyl groups is 1. The Morgan fingerprint density at radius 1 is 1.06 bits per heavy atom. The predicted octanol–water partition coefficient (Wildman–Crippen LogP) is 0.388. The number of hydrogen-bond donors (Lipinski definition) is 5. The van der Waals surface area contributed by atoms with Gasteiger partial charge < -0.3 is 31.1 Å². The zero-order valence-corrected chi connectivity index (χ0v) is 19.6. The summed E-state index contributed by atoms with van der Waals surface area (Å²) >= 11 is 0. The number of benzene rings is 1. The minimum absolute atomic E-state index is 0.0974. The quantitative estimate of drug-likeness (QED) is 0.348. The van der Waals surface area contributed by atoms with Crippen molar-refractivity contribution in [2.24, 2.45) is 5.92 Å². The summed E-state index contributed by atoms with van der Waals surface area (Å²) < 4.78 is 0. The molecule has 0 spiro atoms. The molecule has 3 rings (SSSR count). The van der Waals surface area contributed by atoms with E-state index in [-0.39, 0.29) is 35.9 Å². The lowest BCUT2D eigenvalue weighted by molar-refractivity contribution is -0.145. The van der Waals surface area contributed by atoms with Crippen molar-refractivity contribution in [2.45, 2.75) is 70.1 Å². The van der Waals surface area contributed by atoms with Crippen LogP contribution in [0.1, 0.15) is 45.1 Å². The summed E-state index contributed by atoms with van der Waals surface area (Å²) in [7, 11) is 0. The highest BCUT2D eigenvalue weighted by Gasteiger charge is 2.39. The maximum Gasteiger partial charge on any atom is 0.326 e. The second kappa shape index (κ2) is 11.3. The van der Waals surface area contributed by atoms with Gasteiger partial charge in [0.1, 0.15) is 23.9 Å². The molecule has 10 heteroatoms. The summed E-state index contributed by atoms with van der Waals surface area (Å²) in [4.78, 5) is 52.3. The van der Waals surface area contributed by atoms with E-state index in [9.17, 15) is 29.4 Å². The highest BCUT2D eigenvalue weighted by atomic mass is 16.4. The van der Waals surface area contributed by atoms with Crippen molar-refractivity contribution in [3.63, 3.8) is 0 Å². The monoisotopic (exact) mass is 474 g/mol. The molecule has 0 radical (unpaired) electrons. The van der Waals surface area contributed by atoms with Crippen LogP contribution in [-0.2, 0) is 25.6 Å². The van der Waals surface area contributed by atoms with Gasteiger partial charge in [0.05, 0.1) is 6.04 Å². The smallest absolute Gasteiger partial charge is 0.326 e. The Kier molecular flexibility index (Phi) is 8.49. The summed E-state index contributed by atoms with van der Waals surface area (Å²) in [6.07, 6.45) is 2.79. The third kappa shape index (κ3) is 6.25. The fourth-order valence-electron chi connectivity index (χ4n) is 4.51. The fraction of sp³-hybridized carbons (Fsp3) is 0.583. The largest absolute Gasteiger partial charge is 0.508 e. The van der Waals surface area contributed by atoms with Crippen molar-refractivity contribution in [3.05, 3.63) is 29.8 Å². The third-order valence-corrected chi connectivity index (χ3v) is 6.44. The second-order valence-corrected chi connectivity index (χ2v) is 9.34. The Labute approximate surface area is 199 Å². The number of phenols is 1. The molecular weight excluding hydrogens is 440 g/mol. The van der Waals surface area contributed by atoms with Gasteiger partial charge in [-0.05, 0) is 55.8 Å². The average Bonchev–Trinajstić information content (AvgIpc) is 3.49. The minimum atomic E-state index is -1.12. The molecule has 2 aliphatic heterocycles. The summed E-state index contributed by atoms with van der Waals surface area (Å²) in [5, 5.41) is 27.5. The number of amides is 3. The number of rotatable bonds is 9. The van der Waals surface area contributed by atoms with Crippen molar-refractivity contribution < 1.29 is 29.4 Å². The van der Waals surface area contributed by atoms with Crippen LogP contribution < -0.4 is 16.0 Å². The Balaban J connectivity index is 1.77. The van der Waals surface area contributed by atoms with E-state index in [1.165, 1.54) is 17.0 Å². The molecular formula is C24H34N4O6. The number of aliphatic carboxylic acids is 1. The molecule has 2 heterocycles. The summed E-state index contributed by atoms with van der Waals surface area (Å²) in [6, 6.07) is 3.29. The molecule has 0 saturated carbocycles. The predicted molar refractivity (Wildman–Crippen MR) is 124 cm³/mol. The number of likely N-dealkylation sites (tertiary alicyclic amines) is 1. The van der Waals surface area contributed by atoms with E-state index < -0.39 is 30.0 Å². The average molecular weight is 475 g/mol. The van der Waals surface area contributed by atoms with Crippen LogP contribution in [0.4, 0.5) is 0 Å². The number of phenolic OH excluding ortho intramolecular Hbond substituents is 1. The summed E-state index contributed by atoms with van der Waals surface area (Å²) in [5.41, 5.74) is 0.752. The number of carbonyl (C=O) groups excluding carboxylic acids is 3. The Bertz CT molecular complexity index is 897. The zero-order valence-electron chi connectivity index (χ0n) is 19.6. The van der Waals surface area contributed by atoms with Crippen molar-refractivity contribution in [2.75, 3.05) is 13.1 Å². The Morgan fingerprint density at radius 2 is 1.76 bits per heavy atom. The maximum absolute atomic E-state index is 13.6. The van der Waals surface area contributed by atoms with E-state index in [1.807, 2.05) is 0 Å². The summed E-state index contributed by atoms with van der Waals surface area (Å²) in [5.74, 6) is -2.48. The molecule has 10 nitrogen and oxygen atoms in total. The molecule has 5 N–H and O–H groups in total. The first-order chi connectivity index (χ1) is 16.2. The standard InChI is InChI=1S/C24H34N4O6/c1-14(2)20(24(33)34)27-22(31)19-6-4-12-28(19)23(32)18(13-15-7-9-16(29)10-8-15)26-21(30)17-5-3-11-25-17/h7-10,14,17-20,25,29H,3-6,11-13H2,1-2H3,(H,26,30)(H,27,31)(H,33,34). The van der Waals surface area contributed by atoms with Crippen LogP contribution in [0.2, 0.25) is 0 Å². The molecule has 0 aromatic heterocycles. The van der Waals surface area contributed by atoms with E-state index in [4.69, 9.17) is 0 Å². The molecule has 2 saturated heterocycles. The van der Waals surface area contributed by atoms with Gasteiger partial charge in [0.25, 0.3) is 0 Å². The van der Waals surface area contributed by atoms with Crippen LogP contribution in [0.25, 0.3) is 0 Å². The van der Waals surface area contributed by atoms with Gasteiger partial charge in [-0.3, -0.25) is 14.4 Å². The van der Waals surface area contributed by atoms with Crippen molar-refractivity contribution in [1.29, 1.82) is 0 Å². The normalized spacial score (nSPS) is 21.8. The van der Waals surface area contributed by atoms with E-state index in [0.717, 1.165) is 18.5 Å². The number of carbonyl (C=O) groups is 4. The van der Waals surface area contributed by atoms with Crippen LogP contribution in [0.3, 0.4) is 0 Å². The number of nitrogens with zero attached hydrogens (tertiary/aromatic N) is 1. The van der Waals surface area contributed by atoms with Gasteiger partial charge in [-0.2, -0.15) is 0 Å². The Hall–Kier alpha value is -3.14. The van der Waals surface area contributed by atoms with Gasteiger partial charge >= 0.3 is 5.97 Å². The molecule has 0 aliphatic carbocycles. The van der Waals surface area contributed by atoms with Crippen molar-refractivity contribution in [1.82, 2.24) is 20.9 Å². The lowest BCUT2D eigenvalue weighted by atomic mass is 10.0. The van der Waals surface area contributed by atoms with E-state index in [2.05, 4.69) is 16.0 Å². The van der Waals surface area contributed by atoms with E-state index in [1.54, 1.807) is 26.0 Å². The van der Waals surface area contributed by atoms with Crippen LogP contribution in [-0.4, -0.2) is 76.1 Å². The number of nitrogens with one attached hydrogen (secondary N) is 3. The lowest BCUT2D eigenvalue weighted by Gasteiger charge is -2.30. The number of hydrogen-bond acceptors (Lipinski definition) is 6. The molecule has 0 bridgehead atoms. The van der Waals surface area contributed by atoms with Gasteiger partial charge in [0.2, 0.25) is 17.7 Å². The highest BCUT2D eigenvalue weighted by molar-refractivity contribution is 5.94. The topological polar surface area (TPSA) is 148 Å². The van der Waals surface area contributed by atoms with E-state index >= 15 is 0 Å². The molecule has 1 aromatic rings. The fourth-order valence-corrected chi connectivity index (χ4v) is 4.51. The van der Waals surface area contributed by atoms with Gasteiger partial charge in [-0.1, -0.05) is 26.0 Å². The number of carboxylic acids is 1. The van der Waals surface area contributed by atoms with Crippen LogP contribution in [0.15, 0.2) is 24.3 Å². The SMILES string of the molecule is CC(C)C(NC(=O)C1CCCN1C(=O)C(Cc1ccc(O)cc1)NC(=O)C1CCCN1)C(=O)O. The Morgan fingerprint density at radius 3 is 2.35 bits per heavy atom. The first-order valence-electron chi connectivity index (χ1n) is 11.8. The van der Waals surface area contributed by atoms with Gasteiger partial charge in [0, 0.05) is 13.0 Å². The molecule has 3 amide bonds. The van der Waals surface area contributed by atoms with Crippen LogP contribution in [0, 0.1) is 5.92 Å². The zero-order chi connectivity index (χ0) is 24.8. The molecule has 1 aromatic carbocycles. The first kappa shape index (κ1) is 25.5. The van der Waals surface area contributed by atoms with Crippen molar-refractivity contribution >= 4 is 23.7 Å². The van der Waals surface area contributed by atoms with Gasteiger partial charge in [0.15, 0.2) is 0 Å².